The maximum atomic E-state index is 5.39. The Morgan fingerprint density at radius 1 is 1.27 bits per heavy atom. The van der Waals surface area contributed by atoms with Crippen LogP contribution >= 0.6 is 24.0 Å². The van der Waals surface area contributed by atoms with Crippen LogP contribution in [0.1, 0.15) is 6.42 Å². The van der Waals surface area contributed by atoms with E-state index in [-0.39, 0.29) is 0 Å². The summed E-state index contributed by atoms with van der Waals surface area (Å²) in [5.74, 6) is 4.08. The number of nitrogens with one attached hydrogen (secondary N) is 1. The van der Waals surface area contributed by atoms with Gasteiger partial charge in [-0.25, -0.2) is 4.68 Å². The SMILES string of the molecule is COc1ccc(-c2nc(=S)n(CN3CCCSCC3)[nH]2)cc1. The zero-order valence-corrected chi connectivity index (χ0v) is 14.3. The van der Waals surface area contributed by atoms with Crippen molar-refractivity contribution < 1.29 is 4.74 Å². The van der Waals surface area contributed by atoms with Crippen molar-refractivity contribution in [1.82, 2.24) is 19.7 Å². The van der Waals surface area contributed by atoms with Crippen molar-refractivity contribution in [3.8, 4) is 17.1 Å². The van der Waals surface area contributed by atoms with Crippen molar-refractivity contribution in [1.29, 1.82) is 0 Å². The summed E-state index contributed by atoms with van der Waals surface area (Å²) in [4.78, 5) is 6.90. The Bertz CT molecular complexity index is 657. The lowest BCUT2D eigenvalue weighted by Crippen LogP contribution is -2.29. The third-order valence-electron chi connectivity index (χ3n) is 3.70. The van der Waals surface area contributed by atoms with Crippen LogP contribution in [0.25, 0.3) is 11.4 Å². The van der Waals surface area contributed by atoms with Gasteiger partial charge in [-0.15, -0.1) is 0 Å². The second-order valence-electron chi connectivity index (χ2n) is 5.24. The highest BCUT2D eigenvalue weighted by Crippen LogP contribution is 2.19. The van der Waals surface area contributed by atoms with Gasteiger partial charge in [-0.05, 0) is 48.7 Å². The molecule has 118 valence electrons. The largest absolute Gasteiger partial charge is 0.497 e. The molecule has 1 fully saturated rings. The molecule has 2 heterocycles. The van der Waals surface area contributed by atoms with Crippen LogP contribution in [0.4, 0.5) is 0 Å². The number of nitrogens with zero attached hydrogens (tertiary/aromatic N) is 3. The van der Waals surface area contributed by atoms with Crippen LogP contribution in [-0.2, 0) is 6.67 Å². The van der Waals surface area contributed by atoms with Crippen LogP contribution in [0.2, 0.25) is 0 Å². The number of benzene rings is 1. The predicted molar refractivity (Wildman–Crippen MR) is 92.9 cm³/mol. The van der Waals surface area contributed by atoms with Gasteiger partial charge in [0.1, 0.15) is 5.75 Å². The van der Waals surface area contributed by atoms with E-state index >= 15 is 0 Å². The Labute approximate surface area is 139 Å². The number of H-pyrrole nitrogens is 1. The molecule has 1 aromatic carbocycles. The van der Waals surface area contributed by atoms with Crippen LogP contribution in [0, 0.1) is 4.77 Å². The van der Waals surface area contributed by atoms with Crippen LogP contribution in [-0.4, -0.2) is 51.4 Å². The lowest BCUT2D eigenvalue weighted by Gasteiger charge is -2.19. The van der Waals surface area contributed by atoms with Crippen LogP contribution in [0.15, 0.2) is 24.3 Å². The molecule has 22 heavy (non-hydrogen) atoms. The third-order valence-corrected chi connectivity index (χ3v) is 5.06. The topological polar surface area (TPSA) is 46.1 Å². The van der Waals surface area contributed by atoms with E-state index in [1.165, 1.54) is 17.9 Å². The summed E-state index contributed by atoms with van der Waals surface area (Å²) < 4.78 is 7.73. The van der Waals surface area contributed by atoms with Crippen molar-refractivity contribution in [2.45, 2.75) is 13.1 Å². The highest BCUT2D eigenvalue weighted by molar-refractivity contribution is 7.99. The number of hydrogen-bond donors (Lipinski definition) is 1. The Morgan fingerprint density at radius 2 is 2.09 bits per heavy atom. The number of thioether (sulfide) groups is 1. The van der Waals surface area contributed by atoms with Gasteiger partial charge < -0.3 is 4.74 Å². The molecule has 2 aromatic rings. The number of ether oxygens (including phenoxy) is 1. The quantitative estimate of drug-likeness (QED) is 0.870. The second-order valence-corrected chi connectivity index (χ2v) is 6.83. The summed E-state index contributed by atoms with van der Waals surface area (Å²) >= 11 is 7.41. The number of aromatic amines is 1. The summed E-state index contributed by atoms with van der Waals surface area (Å²) in [6.45, 7) is 3.00. The van der Waals surface area contributed by atoms with E-state index in [0.29, 0.717) is 4.77 Å². The minimum Gasteiger partial charge on any atom is -0.497 e. The van der Waals surface area contributed by atoms with Gasteiger partial charge in [0, 0.05) is 24.4 Å². The lowest BCUT2D eigenvalue weighted by molar-refractivity contribution is 0.222. The first-order valence-corrected chi connectivity index (χ1v) is 8.94. The number of hydrogen-bond acceptors (Lipinski definition) is 5. The molecular formula is C15H20N4OS2. The third kappa shape index (κ3) is 3.71. The first-order chi connectivity index (χ1) is 10.8. The summed E-state index contributed by atoms with van der Waals surface area (Å²) in [6.07, 6.45) is 1.23. The molecule has 0 unspecified atom stereocenters. The number of methoxy groups -OCH3 is 1. The van der Waals surface area contributed by atoms with E-state index in [9.17, 15) is 0 Å². The molecule has 0 radical (unpaired) electrons. The van der Waals surface area contributed by atoms with Crippen LogP contribution in [0.3, 0.4) is 0 Å². The molecule has 1 aliphatic rings. The standard InChI is InChI=1S/C15H20N4OS2/c1-20-13-5-3-12(4-6-13)14-16-15(21)19(17-14)11-18-7-2-9-22-10-8-18/h3-6H,2,7-11H2,1H3,(H,16,17,21). The number of rotatable bonds is 4. The van der Waals surface area contributed by atoms with Crippen LogP contribution in [0.5, 0.6) is 5.75 Å². The first kappa shape index (κ1) is 15.6. The normalized spacial score (nSPS) is 16.4. The van der Waals surface area contributed by atoms with Gasteiger partial charge in [-0.3, -0.25) is 10.00 Å². The highest BCUT2D eigenvalue weighted by atomic mass is 32.2. The Hall–Kier alpha value is -1.31. The van der Waals surface area contributed by atoms with Gasteiger partial charge in [0.25, 0.3) is 0 Å². The maximum absolute atomic E-state index is 5.39. The monoisotopic (exact) mass is 336 g/mol. The fourth-order valence-electron chi connectivity index (χ4n) is 2.47. The summed E-state index contributed by atoms with van der Waals surface area (Å²) in [5.41, 5.74) is 1.01. The van der Waals surface area contributed by atoms with Crippen LogP contribution < -0.4 is 4.74 Å². The van der Waals surface area contributed by atoms with E-state index in [1.807, 2.05) is 40.7 Å². The first-order valence-electron chi connectivity index (χ1n) is 7.37. The van der Waals surface area contributed by atoms with Gasteiger partial charge >= 0.3 is 0 Å². The second kappa shape index (κ2) is 7.30. The summed E-state index contributed by atoms with van der Waals surface area (Å²) in [5, 5.41) is 3.32. The molecular weight excluding hydrogens is 316 g/mol. The van der Waals surface area contributed by atoms with Gasteiger partial charge in [-0.2, -0.15) is 16.7 Å². The minimum absolute atomic E-state index is 0.600. The van der Waals surface area contributed by atoms with Crippen molar-refractivity contribution in [2.24, 2.45) is 0 Å². The summed E-state index contributed by atoms with van der Waals surface area (Å²) in [7, 11) is 1.66. The Morgan fingerprint density at radius 3 is 2.86 bits per heavy atom. The van der Waals surface area contributed by atoms with E-state index in [1.54, 1.807) is 7.11 Å². The zero-order chi connectivity index (χ0) is 15.4. The fourth-order valence-corrected chi connectivity index (χ4v) is 3.59. The average molecular weight is 336 g/mol. The molecule has 1 aliphatic heterocycles. The van der Waals surface area contributed by atoms with Gasteiger partial charge in [0.15, 0.2) is 5.82 Å². The van der Waals surface area contributed by atoms with Crippen molar-refractivity contribution >= 4 is 24.0 Å². The van der Waals surface area contributed by atoms with Crippen molar-refractivity contribution in [2.75, 3.05) is 31.7 Å². The van der Waals surface area contributed by atoms with E-state index in [2.05, 4.69) is 15.0 Å². The molecule has 0 bridgehead atoms. The van der Waals surface area contributed by atoms with E-state index < -0.39 is 0 Å². The molecule has 0 spiro atoms. The molecule has 1 aromatic heterocycles. The zero-order valence-electron chi connectivity index (χ0n) is 12.6. The Kier molecular flexibility index (Phi) is 5.17. The molecule has 5 nitrogen and oxygen atoms in total. The lowest BCUT2D eigenvalue weighted by atomic mass is 10.2. The van der Waals surface area contributed by atoms with Crippen molar-refractivity contribution in [3.05, 3.63) is 29.0 Å². The molecule has 0 amide bonds. The summed E-state index contributed by atoms with van der Waals surface area (Å²) in [6, 6.07) is 7.83. The predicted octanol–water partition coefficient (Wildman–Crippen LogP) is 3.01. The molecule has 0 atom stereocenters. The van der Waals surface area contributed by atoms with E-state index in [4.69, 9.17) is 17.0 Å². The fraction of sp³-hybridized carbons (Fsp3) is 0.467. The van der Waals surface area contributed by atoms with Gasteiger partial charge in [0.05, 0.1) is 13.8 Å². The Balaban J connectivity index is 1.76. The van der Waals surface area contributed by atoms with Gasteiger partial charge in [0.2, 0.25) is 4.77 Å². The maximum Gasteiger partial charge on any atom is 0.217 e. The van der Waals surface area contributed by atoms with Crippen molar-refractivity contribution in [3.63, 3.8) is 0 Å². The highest BCUT2D eigenvalue weighted by Gasteiger charge is 2.12. The number of aromatic nitrogens is 3. The molecule has 3 rings (SSSR count). The molecule has 0 aliphatic carbocycles. The van der Waals surface area contributed by atoms with Gasteiger partial charge in [-0.1, -0.05) is 0 Å². The molecule has 7 heteroatoms. The van der Waals surface area contributed by atoms with E-state index in [0.717, 1.165) is 36.9 Å². The average Bonchev–Trinajstić information content (AvgIpc) is 2.75. The molecule has 1 N–H and O–H groups in total. The molecule has 1 saturated heterocycles. The smallest absolute Gasteiger partial charge is 0.217 e. The minimum atomic E-state index is 0.600. The molecule has 0 saturated carbocycles.